The molecule has 1 aliphatic heterocycles. The fourth-order valence-corrected chi connectivity index (χ4v) is 5.65. The van der Waals surface area contributed by atoms with Crippen molar-refractivity contribution >= 4 is 32.9 Å². The highest BCUT2D eigenvalue weighted by molar-refractivity contribution is 7.92. The molecule has 1 aromatic carbocycles. The molecule has 4 rings (SSSR count). The first kappa shape index (κ1) is 21.8. The molecule has 0 spiro atoms. The van der Waals surface area contributed by atoms with E-state index in [0.29, 0.717) is 11.3 Å². The molecule has 10 heteroatoms. The van der Waals surface area contributed by atoms with Gasteiger partial charge in [0.1, 0.15) is 22.2 Å². The summed E-state index contributed by atoms with van der Waals surface area (Å²) in [6.45, 7) is 6.21. The summed E-state index contributed by atoms with van der Waals surface area (Å²) in [5.41, 5.74) is 2.89. The summed E-state index contributed by atoms with van der Waals surface area (Å²) in [6.07, 6.45) is 0.933. The summed E-state index contributed by atoms with van der Waals surface area (Å²) in [5, 5.41) is 1.56. The first-order valence-corrected chi connectivity index (χ1v) is 12.4. The Bertz CT molecular complexity index is 1160. The molecule has 1 aliphatic rings. The van der Waals surface area contributed by atoms with Crippen molar-refractivity contribution in [2.45, 2.75) is 37.8 Å². The van der Waals surface area contributed by atoms with Crippen LogP contribution >= 0.6 is 11.3 Å². The molecule has 0 amide bonds. The van der Waals surface area contributed by atoms with E-state index in [1.807, 2.05) is 31.0 Å². The normalized spacial score (nSPS) is 17.2. The SMILES string of the molecule is Cc1ccc(CN2CC[C@H](N(C)c3cc(F)c(S(=O)(=O)Nc4cscn4)cc3C)C2)o1. The highest BCUT2D eigenvalue weighted by Gasteiger charge is 2.29. The lowest BCUT2D eigenvalue weighted by Gasteiger charge is -2.29. The topological polar surface area (TPSA) is 78.7 Å². The third-order valence-corrected chi connectivity index (χ3v) is 7.52. The lowest BCUT2D eigenvalue weighted by atomic mass is 10.1. The van der Waals surface area contributed by atoms with Crippen LogP contribution in [0.25, 0.3) is 0 Å². The van der Waals surface area contributed by atoms with E-state index in [9.17, 15) is 12.8 Å². The van der Waals surface area contributed by atoms with E-state index in [1.54, 1.807) is 12.3 Å². The zero-order valence-electron chi connectivity index (χ0n) is 17.6. The molecular formula is C21H25FN4O3S2. The van der Waals surface area contributed by atoms with Crippen molar-refractivity contribution in [2.24, 2.45) is 0 Å². The van der Waals surface area contributed by atoms with Crippen LogP contribution in [0, 0.1) is 19.7 Å². The number of aromatic nitrogens is 1. The number of likely N-dealkylation sites (tertiary alicyclic amines) is 1. The van der Waals surface area contributed by atoms with Crippen LogP contribution in [-0.2, 0) is 16.6 Å². The number of nitrogens with zero attached hydrogens (tertiary/aromatic N) is 3. The Morgan fingerprint density at radius 3 is 2.84 bits per heavy atom. The van der Waals surface area contributed by atoms with Crippen LogP contribution in [0.2, 0.25) is 0 Å². The van der Waals surface area contributed by atoms with Gasteiger partial charge in [-0.15, -0.1) is 11.3 Å². The number of rotatable bonds is 7. The average Bonchev–Trinajstić information content (AvgIpc) is 3.46. The van der Waals surface area contributed by atoms with Gasteiger partial charge in [0, 0.05) is 37.2 Å². The van der Waals surface area contributed by atoms with Crippen molar-refractivity contribution in [2.75, 3.05) is 29.8 Å². The van der Waals surface area contributed by atoms with Crippen molar-refractivity contribution in [3.63, 3.8) is 0 Å². The van der Waals surface area contributed by atoms with Gasteiger partial charge in [0.05, 0.1) is 12.1 Å². The zero-order chi connectivity index (χ0) is 22.2. The zero-order valence-corrected chi connectivity index (χ0v) is 19.3. The van der Waals surface area contributed by atoms with E-state index in [2.05, 4.69) is 14.6 Å². The van der Waals surface area contributed by atoms with Crippen LogP contribution in [0.15, 0.2) is 44.5 Å². The Kier molecular flexibility index (Phi) is 6.05. The van der Waals surface area contributed by atoms with Crippen molar-refractivity contribution in [3.8, 4) is 0 Å². The molecule has 7 nitrogen and oxygen atoms in total. The van der Waals surface area contributed by atoms with Gasteiger partial charge in [-0.3, -0.25) is 9.62 Å². The largest absolute Gasteiger partial charge is 0.465 e. The molecule has 0 radical (unpaired) electrons. The van der Waals surface area contributed by atoms with Crippen molar-refractivity contribution in [1.82, 2.24) is 9.88 Å². The van der Waals surface area contributed by atoms with Crippen LogP contribution in [0.4, 0.5) is 15.9 Å². The lowest BCUT2D eigenvalue weighted by Crippen LogP contribution is -2.35. The molecule has 166 valence electrons. The maximum Gasteiger partial charge on any atom is 0.266 e. The van der Waals surface area contributed by atoms with Gasteiger partial charge in [-0.2, -0.15) is 0 Å². The molecule has 1 N–H and O–H groups in total. The van der Waals surface area contributed by atoms with Gasteiger partial charge in [0.15, 0.2) is 5.82 Å². The minimum Gasteiger partial charge on any atom is -0.465 e. The Morgan fingerprint density at radius 2 is 2.16 bits per heavy atom. The Morgan fingerprint density at radius 1 is 1.35 bits per heavy atom. The molecule has 0 bridgehead atoms. The van der Waals surface area contributed by atoms with E-state index in [1.165, 1.54) is 29.0 Å². The number of benzene rings is 1. The van der Waals surface area contributed by atoms with E-state index in [0.717, 1.165) is 37.6 Å². The average molecular weight is 465 g/mol. The molecule has 31 heavy (non-hydrogen) atoms. The molecule has 1 atom stereocenters. The first-order chi connectivity index (χ1) is 14.7. The minimum absolute atomic E-state index is 0.182. The monoisotopic (exact) mass is 464 g/mol. The molecule has 1 fully saturated rings. The van der Waals surface area contributed by atoms with Gasteiger partial charge in [-0.25, -0.2) is 17.8 Å². The standard InChI is InChI=1S/C21H25FN4O3S2/c1-14-8-20(31(27,28)24-21-12-30-13-23-21)18(22)9-19(14)25(3)16-6-7-26(10-16)11-17-5-4-15(2)29-17/h4-5,8-9,12-13,16,24H,6-7,10-11H2,1-3H3/t16-/m0/s1. The molecule has 3 heterocycles. The summed E-state index contributed by atoms with van der Waals surface area (Å²) in [4.78, 5) is 7.87. The summed E-state index contributed by atoms with van der Waals surface area (Å²) in [5.74, 6) is 1.23. The second-order valence-electron chi connectivity index (χ2n) is 7.85. The maximum atomic E-state index is 14.9. The van der Waals surface area contributed by atoms with Gasteiger partial charge in [-0.1, -0.05) is 0 Å². The van der Waals surface area contributed by atoms with Crippen LogP contribution in [-0.4, -0.2) is 44.5 Å². The molecular weight excluding hydrogens is 439 g/mol. The van der Waals surface area contributed by atoms with Crippen molar-refractivity contribution < 1.29 is 17.2 Å². The Hall–Kier alpha value is -2.43. The third-order valence-electron chi connectivity index (χ3n) is 5.56. The number of likely N-dealkylation sites (N-methyl/N-ethyl adjacent to an activating group) is 1. The number of aryl methyl sites for hydroxylation is 2. The molecule has 0 saturated carbocycles. The maximum absolute atomic E-state index is 14.9. The number of thiazole rings is 1. The van der Waals surface area contributed by atoms with Crippen LogP contribution in [0.3, 0.4) is 0 Å². The van der Waals surface area contributed by atoms with Crippen molar-refractivity contribution in [3.05, 3.63) is 58.1 Å². The summed E-state index contributed by atoms with van der Waals surface area (Å²) in [6, 6.07) is 6.84. The number of sulfonamides is 1. The lowest BCUT2D eigenvalue weighted by molar-refractivity contribution is 0.291. The minimum atomic E-state index is -4.06. The van der Waals surface area contributed by atoms with E-state index < -0.39 is 15.8 Å². The predicted octanol–water partition coefficient (Wildman–Crippen LogP) is 4.00. The number of halogens is 1. The number of anilines is 2. The fraction of sp³-hybridized carbons (Fsp3) is 0.381. The van der Waals surface area contributed by atoms with Gasteiger partial charge >= 0.3 is 0 Å². The van der Waals surface area contributed by atoms with E-state index in [4.69, 9.17) is 4.42 Å². The van der Waals surface area contributed by atoms with E-state index >= 15 is 0 Å². The number of furan rings is 1. The third kappa shape index (κ3) is 4.76. The number of hydrogen-bond donors (Lipinski definition) is 1. The van der Waals surface area contributed by atoms with Gasteiger partial charge in [-0.05, 0) is 50.1 Å². The molecule has 2 aromatic heterocycles. The van der Waals surface area contributed by atoms with Crippen LogP contribution in [0.1, 0.15) is 23.5 Å². The van der Waals surface area contributed by atoms with E-state index in [-0.39, 0.29) is 16.8 Å². The van der Waals surface area contributed by atoms with Crippen LogP contribution < -0.4 is 9.62 Å². The molecule has 3 aromatic rings. The highest BCUT2D eigenvalue weighted by atomic mass is 32.2. The van der Waals surface area contributed by atoms with Gasteiger partial charge in [0.2, 0.25) is 0 Å². The fourth-order valence-electron chi connectivity index (χ4n) is 3.95. The van der Waals surface area contributed by atoms with Gasteiger partial charge in [0.25, 0.3) is 10.0 Å². The summed E-state index contributed by atoms with van der Waals surface area (Å²) >= 11 is 1.26. The van der Waals surface area contributed by atoms with Gasteiger partial charge < -0.3 is 9.32 Å². The van der Waals surface area contributed by atoms with Crippen LogP contribution in [0.5, 0.6) is 0 Å². The summed E-state index contributed by atoms with van der Waals surface area (Å²) < 4.78 is 48.1. The second-order valence-corrected chi connectivity index (χ2v) is 10.2. The summed E-state index contributed by atoms with van der Waals surface area (Å²) in [7, 11) is -2.13. The molecule has 1 saturated heterocycles. The predicted molar refractivity (Wildman–Crippen MR) is 120 cm³/mol. The molecule has 0 aliphatic carbocycles. The first-order valence-electron chi connectivity index (χ1n) is 9.94. The number of hydrogen-bond acceptors (Lipinski definition) is 7. The smallest absolute Gasteiger partial charge is 0.266 e. The van der Waals surface area contributed by atoms with Crippen molar-refractivity contribution in [1.29, 1.82) is 0 Å². The highest BCUT2D eigenvalue weighted by Crippen LogP contribution is 2.30. The molecule has 0 unspecified atom stereocenters. The second kappa shape index (κ2) is 8.60. The Labute approximate surface area is 185 Å². The number of nitrogens with one attached hydrogen (secondary N) is 1. The quantitative estimate of drug-likeness (QED) is 0.569. The Balaban J connectivity index is 1.49.